The molecule has 0 amide bonds. The van der Waals surface area contributed by atoms with E-state index >= 15 is 0 Å². The number of benzene rings is 1. The molecule has 2 heterocycles. The van der Waals surface area contributed by atoms with Gasteiger partial charge in [-0.2, -0.15) is 5.26 Å². The summed E-state index contributed by atoms with van der Waals surface area (Å²) >= 11 is 6.39. The van der Waals surface area contributed by atoms with Crippen molar-refractivity contribution in [3.63, 3.8) is 0 Å². The highest BCUT2D eigenvalue weighted by Gasteiger charge is 2.49. The molecule has 1 aromatic carbocycles. The first-order chi connectivity index (χ1) is 13.0. The minimum atomic E-state index is -0.695. The Labute approximate surface area is 163 Å². The molecule has 1 saturated carbocycles. The Kier molecular flexibility index (Phi) is 4.44. The van der Waals surface area contributed by atoms with Crippen LogP contribution in [0.3, 0.4) is 0 Å². The third-order valence-corrected chi connectivity index (χ3v) is 6.74. The van der Waals surface area contributed by atoms with Gasteiger partial charge in [0.2, 0.25) is 0 Å². The summed E-state index contributed by atoms with van der Waals surface area (Å²) in [6, 6.07) is 10.5. The average molecular weight is 380 g/mol. The van der Waals surface area contributed by atoms with E-state index in [0.717, 1.165) is 39.9 Å². The molecule has 4 rings (SSSR count). The number of aromatic nitrogens is 1. The van der Waals surface area contributed by atoms with Crippen molar-refractivity contribution in [2.75, 3.05) is 0 Å². The standard InChI is InChI=1S/C22H22ClN3O/c1-3-13-10-14-4-5-15(11-19(14)26-21(13)27)22(2,12-24)17-7-6-16-18(23)8-9-25-20(16)17/h4-5,8-11,16-17,20H,3,6-7H2,1-2H3,(H,26,27). The first kappa shape index (κ1) is 18.0. The van der Waals surface area contributed by atoms with Crippen LogP contribution in [0.2, 0.25) is 0 Å². The molecular formula is C22H22ClN3O. The summed E-state index contributed by atoms with van der Waals surface area (Å²) in [6.45, 7) is 3.96. The van der Waals surface area contributed by atoms with E-state index < -0.39 is 5.41 Å². The number of pyridine rings is 1. The fraction of sp³-hybridized carbons (Fsp3) is 0.409. The van der Waals surface area contributed by atoms with E-state index in [1.165, 1.54) is 0 Å². The van der Waals surface area contributed by atoms with Crippen molar-refractivity contribution in [1.29, 1.82) is 5.26 Å². The van der Waals surface area contributed by atoms with E-state index in [1.807, 2.05) is 44.2 Å². The zero-order valence-electron chi connectivity index (χ0n) is 15.5. The van der Waals surface area contributed by atoms with Crippen molar-refractivity contribution >= 4 is 28.7 Å². The second-order valence-corrected chi connectivity index (χ2v) is 8.16. The molecule has 1 N–H and O–H groups in total. The van der Waals surface area contributed by atoms with Gasteiger partial charge in [-0.1, -0.05) is 30.7 Å². The monoisotopic (exact) mass is 379 g/mol. The number of halogens is 1. The smallest absolute Gasteiger partial charge is 0.251 e. The first-order valence-electron chi connectivity index (χ1n) is 9.44. The molecule has 4 unspecified atom stereocenters. The first-order valence-corrected chi connectivity index (χ1v) is 9.82. The summed E-state index contributed by atoms with van der Waals surface area (Å²) in [5.41, 5.74) is 1.71. The van der Waals surface area contributed by atoms with Crippen molar-refractivity contribution in [3.8, 4) is 6.07 Å². The number of aryl methyl sites for hydroxylation is 1. The molecular weight excluding hydrogens is 358 g/mol. The number of H-pyrrole nitrogens is 1. The third-order valence-electron chi connectivity index (χ3n) is 6.34. The number of aliphatic imine (C=N–C) groups is 1. The molecule has 1 aliphatic heterocycles. The molecule has 2 aromatic rings. The molecule has 0 radical (unpaired) electrons. The van der Waals surface area contributed by atoms with Crippen LogP contribution < -0.4 is 5.56 Å². The summed E-state index contributed by atoms with van der Waals surface area (Å²) in [6.07, 6.45) is 6.18. The Morgan fingerprint density at radius 3 is 2.93 bits per heavy atom. The molecule has 1 fully saturated rings. The second-order valence-electron chi connectivity index (χ2n) is 7.72. The number of allylic oxidation sites excluding steroid dienone is 1. The SMILES string of the molecule is CCc1cc2ccc(C(C)(C#N)C3CCC4C(Cl)=CC=NC43)cc2[nH]c1=O. The highest BCUT2D eigenvalue weighted by molar-refractivity contribution is 6.31. The van der Waals surface area contributed by atoms with Crippen LogP contribution >= 0.6 is 11.6 Å². The van der Waals surface area contributed by atoms with Gasteiger partial charge in [0.15, 0.2) is 0 Å². The Bertz CT molecular complexity index is 1060. The average Bonchev–Trinajstić information content (AvgIpc) is 3.12. The van der Waals surface area contributed by atoms with Crippen molar-refractivity contribution in [1.82, 2.24) is 4.98 Å². The van der Waals surface area contributed by atoms with E-state index in [0.29, 0.717) is 6.42 Å². The number of aromatic amines is 1. The highest BCUT2D eigenvalue weighted by atomic mass is 35.5. The lowest BCUT2D eigenvalue weighted by Gasteiger charge is -2.34. The van der Waals surface area contributed by atoms with Crippen molar-refractivity contribution in [3.05, 3.63) is 56.9 Å². The molecule has 27 heavy (non-hydrogen) atoms. The van der Waals surface area contributed by atoms with Gasteiger partial charge < -0.3 is 4.98 Å². The van der Waals surface area contributed by atoms with Gasteiger partial charge in [0.05, 0.1) is 17.5 Å². The van der Waals surface area contributed by atoms with Crippen molar-refractivity contribution < 1.29 is 0 Å². The van der Waals surface area contributed by atoms with E-state index in [2.05, 4.69) is 16.0 Å². The number of nitriles is 1. The Balaban J connectivity index is 1.78. The van der Waals surface area contributed by atoms with Gasteiger partial charge in [-0.25, -0.2) is 0 Å². The number of nitrogens with one attached hydrogen (secondary N) is 1. The summed E-state index contributed by atoms with van der Waals surface area (Å²) in [5.74, 6) is 0.298. The Morgan fingerprint density at radius 1 is 1.37 bits per heavy atom. The Hall–Kier alpha value is -2.38. The predicted octanol–water partition coefficient (Wildman–Crippen LogP) is 4.47. The zero-order chi connectivity index (χ0) is 19.2. The van der Waals surface area contributed by atoms with Crippen molar-refractivity contribution in [2.45, 2.75) is 44.6 Å². The van der Waals surface area contributed by atoms with Gasteiger partial charge in [0.1, 0.15) is 0 Å². The molecule has 2 aliphatic rings. The molecule has 1 aliphatic carbocycles. The van der Waals surface area contributed by atoms with Crippen LogP contribution in [0.5, 0.6) is 0 Å². The van der Waals surface area contributed by atoms with Crippen LogP contribution in [0.15, 0.2) is 45.2 Å². The van der Waals surface area contributed by atoms with Crippen LogP contribution in [0.4, 0.5) is 0 Å². The summed E-state index contributed by atoms with van der Waals surface area (Å²) in [5, 5.41) is 12.0. The van der Waals surface area contributed by atoms with Crippen molar-refractivity contribution in [2.24, 2.45) is 16.8 Å². The van der Waals surface area contributed by atoms with Gasteiger partial charge in [-0.3, -0.25) is 9.79 Å². The topological polar surface area (TPSA) is 69.0 Å². The minimum Gasteiger partial charge on any atom is -0.322 e. The number of dihydropyridines is 1. The number of fused-ring (bicyclic) bond motifs is 2. The molecule has 0 saturated heterocycles. The van der Waals surface area contributed by atoms with Crippen LogP contribution in [-0.2, 0) is 11.8 Å². The molecule has 4 atom stereocenters. The summed E-state index contributed by atoms with van der Waals surface area (Å²) in [7, 11) is 0. The fourth-order valence-electron chi connectivity index (χ4n) is 4.65. The van der Waals surface area contributed by atoms with Gasteiger partial charge in [-0.15, -0.1) is 0 Å². The van der Waals surface area contributed by atoms with E-state index in [1.54, 1.807) is 6.21 Å². The number of hydrogen-bond donors (Lipinski definition) is 1. The van der Waals surface area contributed by atoms with Crippen LogP contribution in [0, 0.1) is 23.2 Å². The lowest BCUT2D eigenvalue weighted by atomic mass is 9.69. The minimum absolute atomic E-state index is 0.0318. The lowest BCUT2D eigenvalue weighted by molar-refractivity contribution is 0.327. The molecule has 138 valence electrons. The highest BCUT2D eigenvalue weighted by Crippen LogP contribution is 2.49. The molecule has 0 spiro atoms. The van der Waals surface area contributed by atoms with Gasteiger partial charge in [0, 0.05) is 34.2 Å². The third kappa shape index (κ3) is 2.82. The summed E-state index contributed by atoms with van der Waals surface area (Å²) < 4.78 is 0. The van der Waals surface area contributed by atoms with Gasteiger partial charge in [0.25, 0.3) is 5.56 Å². The number of hydrogen-bond acceptors (Lipinski definition) is 3. The zero-order valence-corrected chi connectivity index (χ0v) is 16.3. The molecule has 1 aromatic heterocycles. The molecule has 4 nitrogen and oxygen atoms in total. The fourth-order valence-corrected chi connectivity index (χ4v) is 4.95. The van der Waals surface area contributed by atoms with Crippen LogP contribution in [0.25, 0.3) is 10.9 Å². The van der Waals surface area contributed by atoms with Gasteiger partial charge >= 0.3 is 0 Å². The lowest BCUT2D eigenvalue weighted by Crippen LogP contribution is -2.37. The Morgan fingerprint density at radius 2 is 2.19 bits per heavy atom. The number of nitrogens with zero attached hydrogens (tertiary/aromatic N) is 2. The van der Waals surface area contributed by atoms with E-state index in [4.69, 9.17) is 11.6 Å². The number of rotatable bonds is 3. The van der Waals surface area contributed by atoms with Gasteiger partial charge in [-0.05, 0) is 55.3 Å². The predicted molar refractivity (Wildman–Crippen MR) is 109 cm³/mol. The maximum absolute atomic E-state index is 12.2. The normalized spacial score (nSPS) is 26.3. The molecule has 5 heteroatoms. The summed E-state index contributed by atoms with van der Waals surface area (Å²) in [4.78, 5) is 19.9. The van der Waals surface area contributed by atoms with Crippen LogP contribution in [-0.4, -0.2) is 17.2 Å². The van der Waals surface area contributed by atoms with Crippen LogP contribution in [0.1, 0.15) is 37.8 Å². The maximum atomic E-state index is 12.2. The van der Waals surface area contributed by atoms with E-state index in [-0.39, 0.29) is 23.4 Å². The molecule has 0 bridgehead atoms. The largest absolute Gasteiger partial charge is 0.322 e. The second kappa shape index (κ2) is 6.65. The maximum Gasteiger partial charge on any atom is 0.251 e. The van der Waals surface area contributed by atoms with E-state index in [9.17, 15) is 10.1 Å². The quantitative estimate of drug-likeness (QED) is 0.854.